The van der Waals surface area contributed by atoms with Crippen molar-refractivity contribution in [1.29, 1.82) is 0 Å². The number of phenolic OH excluding ortho intramolecular Hbond substituents is 8. The number of benzene rings is 12. The maximum Gasteiger partial charge on any atom is 4.00 e. The normalized spacial score (nSPS) is 12.7. The molecule has 0 saturated carbocycles. The Balaban J connectivity index is 0.000000143. The zero-order valence-corrected chi connectivity index (χ0v) is 85.0. The first-order valence-corrected chi connectivity index (χ1v) is 45.2. The Morgan fingerprint density at radius 3 is 0.462 bits per heavy atom. The molecule has 4 aliphatic heterocycles. The number of ether oxygens (including phenoxy) is 4. The third-order valence-corrected chi connectivity index (χ3v) is 29.4. The molecule has 8 N–H and O–H groups in total. The van der Waals surface area contributed by atoms with Crippen molar-refractivity contribution in [2.75, 3.05) is 0 Å². The molecule has 20 nitrogen and oxygen atoms in total. The summed E-state index contributed by atoms with van der Waals surface area (Å²) >= 11 is 53.5. The van der Waals surface area contributed by atoms with Crippen molar-refractivity contribution in [3.05, 3.63) is 306 Å². The van der Waals surface area contributed by atoms with Crippen LogP contribution in [0.15, 0.2) is 217 Å². The van der Waals surface area contributed by atoms with Crippen LogP contribution < -0.4 is 39.4 Å². The van der Waals surface area contributed by atoms with E-state index in [1.54, 1.807) is 121 Å². The maximum atomic E-state index is 11.8. The molecule has 0 aliphatic carbocycles. The van der Waals surface area contributed by atoms with Crippen molar-refractivity contribution in [2.24, 2.45) is 0 Å². The third-order valence-electron chi connectivity index (χ3n) is 18.7. The van der Waals surface area contributed by atoms with Crippen molar-refractivity contribution in [2.45, 2.75) is 23.7 Å². The molecule has 0 saturated heterocycles. The molecule has 4 heterocycles. The molecule has 0 atom stereocenters. The molecule has 0 spiro atoms. The molecule has 12 aromatic carbocycles. The molecule has 37 heteroatoms. The zero-order chi connectivity index (χ0) is 84.1. The minimum absolute atomic E-state index is 0. The average Bonchev–Trinajstić information content (AvgIpc) is 0.746. The van der Waals surface area contributed by atoms with Gasteiger partial charge in [0, 0.05) is 90.4 Å². The Kier molecular flexibility index (Phi) is 28.5. The van der Waals surface area contributed by atoms with Crippen LogP contribution in [0.3, 0.4) is 0 Å². The van der Waals surface area contributed by atoms with Gasteiger partial charge < -0.3 is 99.4 Å². The van der Waals surface area contributed by atoms with E-state index in [2.05, 4.69) is 255 Å². The summed E-state index contributed by atoms with van der Waals surface area (Å²) in [5.41, 5.74) is 7.18. The Hall–Kier alpha value is -5.32. The number of phenols is 8. The second kappa shape index (κ2) is 36.6. The predicted octanol–water partition coefficient (Wildman–Crippen LogP) is 23.2. The van der Waals surface area contributed by atoms with E-state index in [0.29, 0.717) is 184 Å². The van der Waals surface area contributed by atoms with E-state index >= 15 is 0 Å². The summed E-state index contributed by atoms with van der Waals surface area (Å²) in [5, 5.41) is 130. The molecule has 4 aliphatic rings. The van der Waals surface area contributed by atoms with Crippen LogP contribution in [-0.2, 0) is 26.2 Å². The van der Waals surface area contributed by atoms with Gasteiger partial charge >= 0.3 is 26.2 Å². The van der Waals surface area contributed by atoms with Crippen molar-refractivity contribution < 1.29 is 126 Å². The van der Waals surface area contributed by atoms with Gasteiger partial charge in [-0.3, -0.25) is 0 Å². The van der Waals surface area contributed by atoms with Crippen LogP contribution in [0.25, 0.3) is 0 Å². The first-order valence-electron chi connectivity index (χ1n) is 32.5. The van der Waals surface area contributed by atoms with Crippen LogP contribution in [0.4, 0.5) is 0 Å². The quantitative estimate of drug-likeness (QED) is 0.0700. The number of carbonyl (C=O) groups excluding carboxylic acids is 4. The van der Waals surface area contributed by atoms with E-state index in [1.807, 2.05) is 0 Å². The Morgan fingerprint density at radius 1 is 0.222 bits per heavy atom. The van der Waals surface area contributed by atoms with Gasteiger partial charge in [-0.25, -0.2) is 0 Å². The fraction of sp³-hybridized carbons (Fsp3) is 0.0500. The van der Waals surface area contributed by atoms with Crippen molar-refractivity contribution in [1.82, 2.24) is 0 Å². The van der Waals surface area contributed by atoms with Gasteiger partial charge in [0.2, 0.25) is 0 Å². The molecular weight excluding hydrogens is 2650 g/mol. The van der Waals surface area contributed by atoms with Crippen molar-refractivity contribution in [3.8, 4) is 92.0 Å². The van der Waals surface area contributed by atoms with Gasteiger partial charge in [0.15, 0.2) is 0 Å². The van der Waals surface area contributed by atoms with E-state index in [9.17, 15) is 80.5 Å². The number of fused-ring (bicyclic) bond motifs is 8. The molecule has 592 valence electrons. The van der Waals surface area contributed by atoms with E-state index in [-0.39, 0.29) is 94.5 Å². The fourth-order valence-corrected chi connectivity index (χ4v) is 23.5. The smallest absolute Gasteiger partial charge is 0.545 e. The molecule has 0 aromatic heterocycles. The fourth-order valence-electron chi connectivity index (χ4n) is 13.6. The van der Waals surface area contributed by atoms with Crippen LogP contribution in [0, 0.1) is 0 Å². The first kappa shape index (κ1) is 90.9. The van der Waals surface area contributed by atoms with Crippen LogP contribution in [0.5, 0.6) is 92.0 Å². The van der Waals surface area contributed by atoms with Gasteiger partial charge in [-0.2, -0.15) is 0 Å². The number of hydrogen-bond acceptors (Lipinski definition) is 20. The van der Waals surface area contributed by atoms with Crippen LogP contribution in [0.1, 0.15) is 132 Å². The van der Waals surface area contributed by atoms with Crippen molar-refractivity contribution in [3.63, 3.8) is 0 Å². The van der Waals surface area contributed by atoms with E-state index in [0.717, 1.165) is 0 Å². The number of aromatic hydroxyl groups is 8. The minimum Gasteiger partial charge on any atom is -0.545 e. The number of carbonyl (C=O) groups is 4. The number of carboxylic acids is 4. The zero-order valence-electron chi connectivity index (χ0n) is 57.2. The standard InChI is InChI=1S/4C20H10Br4O5.Zr/c4*21-11-5-9-13(7-3-1-2-4-8(7)20(27)28)10-6-12(22)17(26)15(24)19(10)29-18(9)14(23)16(11)25;/h4*1-6,13,25-26H,(H,27,28);/q;;;;+4/p-4. The SMILES string of the molecule is O=C([O-])c1ccccc1C1c2cc(Br)c(O)c(Br)c2Oc2c1cc(Br)c(O)c2Br.O=C([O-])c1ccccc1C1c2cc(Br)c(O)c(Br)c2Oc2c1cc(Br)c(O)c2Br.O=C([O-])c1ccccc1C1c2cc(Br)c(O)c(Br)c2Oc2c1cc(Br)c(O)c2Br.O=C([O-])c1ccccc1C1c2cc(Br)c(O)c(Br)c2Oc2c1cc(Br)c(O)c2Br.[Zr+4]. The largest absolute Gasteiger partial charge is 4.00 e. The number of halogens is 16. The van der Waals surface area contributed by atoms with Gasteiger partial charge in [-0.15, -0.1) is 0 Å². The Labute approximate surface area is 815 Å². The number of rotatable bonds is 8. The molecular formula is C80H36Br16O20Zr. The molecule has 0 unspecified atom stereocenters. The summed E-state index contributed by atoms with van der Waals surface area (Å²) in [7, 11) is 0. The summed E-state index contributed by atoms with van der Waals surface area (Å²) in [6, 6.07) is 39.7. The van der Waals surface area contributed by atoms with E-state index in [4.69, 9.17) is 18.9 Å². The second-order valence-electron chi connectivity index (χ2n) is 25.2. The summed E-state index contributed by atoms with van der Waals surface area (Å²) in [4.78, 5) is 47.2. The number of hydrogen-bond donors (Lipinski definition) is 8. The van der Waals surface area contributed by atoms with Gasteiger partial charge in [-0.05, 0) is 326 Å². The van der Waals surface area contributed by atoms with Gasteiger partial charge in [0.05, 0.1) is 59.7 Å². The van der Waals surface area contributed by atoms with Gasteiger partial charge in [0.25, 0.3) is 0 Å². The maximum absolute atomic E-state index is 11.8. The third kappa shape index (κ3) is 16.8. The molecule has 0 fully saturated rings. The van der Waals surface area contributed by atoms with E-state index in [1.165, 1.54) is 24.3 Å². The number of carboxylic acid groups (broad SMARTS) is 4. The predicted molar refractivity (Wildman–Crippen MR) is 475 cm³/mol. The van der Waals surface area contributed by atoms with Crippen molar-refractivity contribution >= 4 is 279 Å². The summed E-state index contributed by atoms with van der Waals surface area (Å²) in [6.07, 6.45) is 0. The molecule has 0 amide bonds. The summed E-state index contributed by atoms with van der Waals surface area (Å²) in [5.74, 6) is -5.39. The topological polar surface area (TPSA) is 359 Å². The monoisotopic (exact) mass is 2670 g/mol. The molecule has 0 bridgehead atoms. The van der Waals surface area contributed by atoms with Crippen LogP contribution in [0.2, 0.25) is 0 Å². The summed E-state index contributed by atoms with van der Waals surface area (Å²) in [6.45, 7) is 0. The van der Waals surface area contributed by atoms with Gasteiger partial charge in [0.1, 0.15) is 128 Å². The number of aromatic carboxylic acids is 4. The van der Waals surface area contributed by atoms with Crippen LogP contribution in [-0.4, -0.2) is 64.7 Å². The second-order valence-corrected chi connectivity index (χ2v) is 38.3. The molecule has 117 heavy (non-hydrogen) atoms. The molecule has 0 radical (unpaired) electrons. The minimum atomic E-state index is -1.30. The average molecular weight is 2690 g/mol. The first-order chi connectivity index (χ1) is 54.9. The Morgan fingerprint density at radius 2 is 0.342 bits per heavy atom. The van der Waals surface area contributed by atoms with Gasteiger partial charge in [-0.1, -0.05) is 97.1 Å². The molecule has 12 aromatic rings. The Bertz CT molecular complexity index is 5270. The van der Waals surface area contributed by atoms with Crippen LogP contribution >= 0.6 is 255 Å². The summed E-state index contributed by atoms with van der Waals surface area (Å²) < 4.78 is 30.0. The van der Waals surface area contributed by atoms with E-state index < -0.39 is 47.5 Å². The molecule has 16 rings (SSSR count).